The first kappa shape index (κ1) is 18.8. The van der Waals surface area contributed by atoms with Crippen molar-refractivity contribution in [2.45, 2.75) is 65.3 Å². The fraction of sp³-hybridized carbons (Fsp3) is 0.941. The van der Waals surface area contributed by atoms with E-state index in [0.717, 1.165) is 50.3 Å². The van der Waals surface area contributed by atoms with Crippen molar-refractivity contribution >= 4 is 17.7 Å². The summed E-state index contributed by atoms with van der Waals surface area (Å²) in [4.78, 5) is 12.5. The van der Waals surface area contributed by atoms with Crippen LogP contribution in [0.25, 0.3) is 0 Å². The van der Waals surface area contributed by atoms with Crippen LogP contribution in [0.15, 0.2) is 0 Å². The van der Waals surface area contributed by atoms with E-state index in [1.54, 1.807) is 0 Å². The van der Waals surface area contributed by atoms with Crippen LogP contribution < -0.4 is 5.32 Å². The van der Waals surface area contributed by atoms with Crippen molar-refractivity contribution in [3.63, 3.8) is 0 Å². The summed E-state index contributed by atoms with van der Waals surface area (Å²) < 4.78 is 5.39. The Kier molecular flexibility index (Phi) is 8.72. The van der Waals surface area contributed by atoms with Crippen LogP contribution in [0.3, 0.4) is 0 Å². The maximum Gasteiger partial charge on any atom is 0.326 e. The molecule has 0 amide bonds. The topological polar surface area (TPSA) is 38.3 Å². The molecule has 0 bridgehead atoms. The van der Waals surface area contributed by atoms with Crippen molar-refractivity contribution in [1.29, 1.82) is 0 Å². The third kappa shape index (κ3) is 5.48. The predicted molar refractivity (Wildman–Crippen MR) is 91.8 cm³/mol. The monoisotopic (exact) mass is 315 g/mol. The van der Waals surface area contributed by atoms with Crippen LogP contribution in [-0.2, 0) is 9.53 Å². The highest BCUT2D eigenvalue weighted by molar-refractivity contribution is 7.99. The van der Waals surface area contributed by atoms with E-state index in [1.165, 1.54) is 5.75 Å². The molecule has 1 fully saturated rings. The van der Waals surface area contributed by atoms with Crippen molar-refractivity contribution in [1.82, 2.24) is 5.32 Å². The molecule has 4 heteroatoms. The fourth-order valence-corrected chi connectivity index (χ4v) is 4.28. The summed E-state index contributed by atoms with van der Waals surface area (Å²) in [6.45, 7) is 9.93. The second kappa shape index (κ2) is 9.73. The van der Waals surface area contributed by atoms with E-state index in [0.29, 0.717) is 12.5 Å². The van der Waals surface area contributed by atoms with Gasteiger partial charge in [-0.3, -0.25) is 4.79 Å². The molecule has 0 heterocycles. The number of carbonyl (C=O) groups excluding carboxylic acids is 1. The minimum absolute atomic E-state index is 0.0187. The Morgan fingerprint density at radius 2 is 2.19 bits per heavy atom. The standard InChI is InChI=1S/C17H33NO2S/c1-5-11-18-17(16(19)20-6-2)10-7-8-15(17)9-12-21-13-14(3)4/h14-15,18H,5-13H2,1-4H3. The summed E-state index contributed by atoms with van der Waals surface area (Å²) in [6.07, 6.45) is 5.39. The summed E-state index contributed by atoms with van der Waals surface area (Å²) >= 11 is 2.02. The van der Waals surface area contributed by atoms with E-state index in [4.69, 9.17) is 4.74 Å². The van der Waals surface area contributed by atoms with Crippen LogP contribution in [0.1, 0.15) is 59.8 Å². The summed E-state index contributed by atoms with van der Waals surface area (Å²) in [5.74, 6) is 3.52. The van der Waals surface area contributed by atoms with E-state index < -0.39 is 5.54 Å². The number of thioether (sulfide) groups is 1. The van der Waals surface area contributed by atoms with Gasteiger partial charge in [-0.05, 0) is 62.5 Å². The van der Waals surface area contributed by atoms with Gasteiger partial charge in [-0.2, -0.15) is 11.8 Å². The van der Waals surface area contributed by atoms with Crippen molar-refractivity contribution < 1.29 is 9.53 Å². The first-order valence-electron chi connectivity index (χ1n) is 8.56. The summed E-state index contributed by atoms with van der Waals surface area (Å²) in [5, 5.41) is 3.55. The molecule has 2 atom stereocenters. The zero-order chi connectivity index (χ0) is 15.7. The lowest BCUT2D eigenvalue weighted by molar-refractivity contribution is -0.153. The molecule has 124 valence electrons. The van der Waals surface area contributed by atoms with Gasteiger partial charge in [0.2, 0.25) is 0 Å². The van der Waals surface area contributed by atoms with Crippen LogP contribution >= 0.6 is 11.8 Å². The summed E-state index contributed by atoms with van der Waals surface area (Å²) in [7, 11) is 0. The molecule has 1 aliphatic rings. The van der Waals surface area contributed by atoms with Crippen molar-refractivity contribution in [2.75, 3.05) is 24.7 Å². The SMILES string of the molecule is CCCNC1(C(=O)OCC)CCCC1CCSCC(C)C. The zero-order valence-electron chi connectivity index (χ0n) is 14.2. The number of esters is 1. The predicted octanol–water partition coefficient (Wildman–Crippen LogP) is 3.87. The van der Waals surface area contributed by atoms with Crippen LogP contribution in [-0.4, -0.2) is 36.2 Å². The lowest BCUT2D eigenvalue weighted by Crippen LogP contribution is -2.56. The molecule has 21 heavy (non-hydrogen) atoms. The maximum atomic E-state index is 12.5. The van der Waals surface area contributed by atoms with Gasteiger partial charge >= 0.3 is 5.97 Å². The highest BCUT2D eigenvalue weighted by atomic mass is 32.2. The molecule has 0 aromatic carbocycles. The van der Waals surface area contributed by atoms with E-state index in [2.05, 4.69) is 26.1 Å². The lowest BCUT2D eigenvalue weighted by Gasteiger charge is -2.34. The lowest BCUT2D eigenvalue weighted by atomic mass is 9.84. The third-order valence-corrected chi connectivity index (χ3v) is 5.64. The van der Waals surface area contributed by atoms with Crippen LogP contribution in [0.4, 0.5) is 0 Å². The van der Waals surface area contributed by atoms with Gasteiger partial charge in [0.05, 0.1) is 6.61 Å². The average Bonchev–Trinajstić information content (AvgIpc) is 2.85. The Morgan fingerprint density at radius 3 is 2.81 bits per heavy atom. The minimum atomic E-state index is -0.412. The summed E-state index contributed by atoms with van der Waals surface area (Å²) in [6, 6.07) is 0. The molecule has 0 spiro atoms. The van der Waals surface area contributed by atoms with Gasteiger partial charge in [-0.15, -0.1) is 0 Å². The van der Waals surface area contributed by atoms with E-state index in [-0.39, 0.29) is 5.97 Å². The number of carbonyl (C=O) groups is 1. The number of hydrogen-bond donors (Lipinski definition) is 1. The normalized spacial score (nSPS) is 25.5. The number of hydrogen-bond acceptors (Lipinski definition) is 4. The average molecular weight is 316 g/mol. The molecule has 1 rings (SSSR count). The number of ether oxygens (including phenoxy) is 1. The van der Waals surface area contributed by atoms with E-state index >= 15 is 0 Å². The molecule has 1 N–H and O–H groups in total. The van der Waals surface area contributed by atoms with Gasteiger partial charge in [0, 0.05) is 0 Å². The van der Waals surface area contributed by atoms with Gasteiger partial charge in [-0.25, -0.2) is 0 Å². The molecule has 0 aliphatic heterocycles. The molecule has 0 aromatic heterocycles. The number of nitrogens with one attached hydrogen (secondary N) is 1. The quantitative estimate of drug-likeness (QED) is 0.490. The summed E-state index contributed by atoms with van der Waals surface area (Å²) in [5.41, 5.74) is -0.412. The van der Waals surface area contributed by atoms with Crippen molar-refractivity contribution in [3.05, 3.63) is 0 Å². The Bertz CT molecular complexity index is 309. The molecular weight excluding hydrogens is 282 g/mol. The van der Waals surface area contributed by atoms with Crippen molar-refractivity contribution in [3.8, 4) is 0 Å². The van der Waals surface area contributed by atoms with E-state index in [1.807, 2.05) is 18.7 Å². The van der Waals surface area contributed by atoms with Crippen molar-refractivity contribution in [2.24, 2.45) is 11.8 Å². The third-order valence-electron chi connectivity index (χ3n) is 4.21. The molecule has 0 aromatic rings. The second-order valence-corrected chi connectivity index (χ2v) is 7.62. The molecule has 2 unspecified atom stereocenters. The highest BCUT2D eigenvalue weighted by Gasteiger charge is 2.49. The molecule has 3 nitrogen and oxygen atoms in total. The molecule has 1 aliphatic carbocycles. The maximum absolute atomic E-state index is 12.5. The first-order chi connectivity index (χ1) is 10.1. The Morgan fingerprint density at radius 1 is 1.43 bits per heavy atom. The van der Waals surface area contributed by atoms with Crippen LogP contribution in [0, 0.1) is 11.8 Å². The molecule has 0 radical (unpaired) electrons. The van der Waals surface area contributed by atoms with Gasteiger partial charge in [0.15, 0.2) is 0 Å². The van der Waals surface area contributed by atoms with Gasteiger partial charge in [0.25, 0.3) is 0 Å². The Balaban J connectivity index is 2.62. The smallest absolute Gasteiger partial charge is 0.326 e. The van der Waals surface area contributed by atoms with Crippen LogP contribution in [0.2, 0.25) is 0 Å². The van der Waals surface area contributed by atoms with Gasteiger partial charge < -0.3 is 10.1 Å². The second-order valence-electron chi connectivity index (χ2n) is 6.47. The zero-order valence-corrected chi connectivity index (χ0v) is 15.1. The minimum Gasteiger partial charge on any atom is -0.465 e. The molecule has 0 saturated heterocycles. The Hall–Kier alpha value is -0.220. The van der Waals surface area contributed by atoms with E-state index in [9.17, 15) is 4.79 Å². The Labute approximate surface area is 135 Å². The van der Waals surface area contributed by atoms with Gasteiger partial charge in [-0.1, -0.05) is 27.2 Å². The van der Waals surface area contributed by atoms with Gasteiger partial charge in [0.1, 0.15) is 5.54 Å². The molecule has 1 saturated carbocycles. The highest BCUT2D eigenvalue weighted by Crippen LogP contribution is 2.39. The first-order valence-corrected chi connectivity index (χ1v) is 9.72. The number of rotatable bonds is 10. The van der Waals surface area contributed by atoms with Crippen LogP contribution in [0.5, 0.6) is 0 Å². The fourth-order valence-electron chi connectivity index (χ4n) is 3.19. The largest absolute Gasteiger partial charge is 0.465 e. The molecular formula is C17H33NO2S.